The van der Waals surface area contributed by atoms with Gasteiger partial charge in [-0.2, -0.15) is 0 Å². The molecule has 0 spiro atoms. The summed E-state index contributed by atoms with van der Waals surface area (Å²) in [6.07, 6.45) is 0. The molecular formula is C23H16F2N2O3S. The van der Waals surface area contributed by atoms with E-state index in [0.717, 1.165) is 23.9 Å². The van der Waals surface area contributed by atoms with Crippen molar-refractivity contribution >= 4 is 28.4 Å². The van der Waals surface area contributed by atoms with Crippen LogP contribution >= 0.6 is 11.8 Å². The monoisotopic (exact) mass is 438 g/mol. The third-order valence-corrected chi connectivity index (χ3v) is 5.57. The number of thioether (sulfide) groups is 1. The van der Waals surface area contributed by atoms with E-state index in [1.165, 1.54) is 17.7 Å². The number of Topliss-reactive ketones (excluding diaryl/α,β-unsaturated/α-hetero) is 1. The van der Waals surface area contributed by atoms with Crippen molar-refractivity contribution in [1.29, 1.82) is 0 Å². The number of ether oxygens (including phenoxy) is 1. The number of aromatic nitrogens is 2. The number of para-hydroxylation sites is 1. The van der Waals surface area contributed by atoms with Crippen LogP contribution in [0.2, 0.25) is 0 Å². The summed E-state index contributed by atoms with van der Waals surface area (Å²) in [6, 6.07) is 16.8. The maximum absolute atomic E-state index is 13.5. The Morgan fingerprint density at radius 2 is 1.84 bits per heavy atom. The Morgan fingerprint density at radius 1 is 1.03 bits per heavy atom. The van der Waals surface area contributed by atoms with E-state index in [2.05, 4.69) is 4.98 Å². The Labute approximate surface area is 180 Å². The third-order valence-electron chi connectivity index (χ3n) is 4.63. The normalized spacial score (nSPS) is 10.9. The number of methoxy groups -OCH3 is 1. The van der Waals surface area contributed by atoms with Crippen LogP contribution in [0.5, 0.6) is 5.75 Å². The van der Waals surface area contributed by atoms with E-state index in [9.17, 15) is 18.4 Å². The van der Waals surface area contributed by atoms with Crippen LogP contribution in [0.1, 0.15) is 10.4 Å². The average Bonchev–Trinajstić information content (AvgIpc) is 2.79. The Balaban J connectivity index is 1.76. The summed E-state index contributed by atoms with van der Waals surface area (Å²) < 4.78 is 33.3. The van der Waals surface area contributed by atoms with E-state index in [4.69, 9.17) is 4.74 Å². The third kappa shape index (κ3) is 4.20. The molecule has 0 aliphatic carbocycles. The van der Waals surface area contributed by atoms with Crippen molar-refractivity contribution in [2.24, 2.45) is 0 Å². The van der Waals surface area contributed by atoms with Crippen LogP contribution in [-0.2, 0) is 0 Å². The van der Waals surface area contributed by atoms with Gasteiger partial charge in [-0.15, -0.1) is 0 Å². The summed E-state index contributed by atoms with van der Waals surface area (Å²) in [5.74, 6) is -2.07. The molecule has 0 aliphatic rings. The molecule has 0 bridgehead atoms. The molecule has 0 radical (unpaired) electrons. The molecule has 0 unspecified atom stereocenters. The van der Waals surface area contributed by atoms with E-state index in [0.29, 0.717) is 27.5 Å². The first-order valence-electron chi connectivity index (χ1n) is 9.25. The maximum atomic E-state index is 13.5. The highest BCUT2D eigenvalue weighted by Crippen LogP contribution is 2.24. The lowest BCUT2D eigenvalue weighted by atomic mass is 10.1. The molecule has 4 rings (SSSR count). The van der Waals surface area contributed by atoms with Crippen molar-refractivity contribution in [2.45, 2.75) is 5.16 Å². The van der Waals surface area contributed by atoms with Gasteiger partial charge in [-0.25, -0.2) is 13.8 Å². The highest BCUT2D eigenvalue weighted by atomic mass is 32.2. The molecule has 0 fully saturated rings. The molecule has 0 aliphatic heterocycles. The number of rotatable bonds is 6. The fourth-order valence-electron chi connectivity index (χ4n) is 3.07. The number of benzene rings is 3. The number of hydrogen-bond donors (Lipinski definition) is 0. The molecule has 0 saturated carbocycles. The van der Waals surface area contributed by atoms with Crippen LogP contribution in [0.15, 0.2) is 76.7 Å². The predicted octanol–water partition coefficient (Wildman–Crippen LogP) is 4.65. The summed E-state index contributed by atoms with van der Waals surface area (Å²) in [5, 5.41) is 0.731. The molecule has 0 atom stereocenters. The highest BCUT2D eigenvalue weighted by Gasteiger charge is 2.16. The van der Waals surface area contributed by atoms with Gasteiger partial charge >= 0.3 is 0 Å². The molecule has 0 N–H and O–H groups in total. The lowest BCUT2D eigenvalue weighted by Crippen LogP contribution is -2.22. The largest absolute Gasteiger partial charge is 0.497 e. The predicted molar refractivity (Wildman–Crippen MR) is 115 cm³/mol. The van der Waals surface area contributed by atoms with E-state index in [1.54, 1.807) is 48.5 Å². The van der Waals surface area contributed by atoms with E-state index in [1.807, 2.05) is 0 Å². The van der Waals surface area contributed by atoms with Gasteiger partial charge in [-0.1, -0.05) is 30.0 Å². The van der Waals surface area contributed by atoms with Crippen LogP contribution in [-0.4, -0.2) is 28.2 Å². The van der Waals surface area contributed by atoms with Crippen molar-refractivity contribution in [3.05, 3.63) is 94.3 Å². The van der Waals surface area contributed by atoms with Gasteiger partial charge in [0.1, 0.15) is 5.75 Å². The average molecular weight is 438 g/mol. The number of carbonyl (C=O) groups is 1. The summed E-state index contributed by atoms with van der Waals surface area (Å²) >= 11 is 1.04. The highest BCUT2D eigenvalue weighted by molar-refractivity contribution is 7.99. The summed E-state index contributed by atoms with van der Waals surface area (Å²) in [4.78, 5) is 30.3. The Bertz CT molecular complexity index is 1350. The van der Waals surface area contributed by atoms with Crippen LogP contribution in [0.3, 0.4) is 0 Å². The minimum absolute atomic E-state index is 0.0440. The molecule has 31 heavy (non-hydrogen) atoms. The summed E-state index contributed by atoms with van der Waals surface area (Å²) in [7, 11) is 1.52. The van der Waals surface area contributed by atoms with Crippen molar-refractivity contribution in [3.8, 4) is 11.4 Å². The molecule has 0 amide bonds. The van der Waals surface area contributed by atoms with Gasteiger partial charge in [0.2, 0.25) is 0 Å². The van der Waals surface area contributed by atoms with Gasteiger partial charge in [0.25, 0.3) is 5.56 Å². The van der Waals surface area contributed by atoms with Crippen LogP contribution in [0.25, 0.3) is 16.6 Å². The van der Waals surface area contributed by atoms with Crippen molar-refractivity contribution in [1.82, 2.24) is 9.55 Å². The van der Waals surface area contributed by atoms with Crippen molar-refractivity contribution < 1.29 is 18.3 Å². The SMILES string of the molecule is COc1cccc(-n2c(SCC(=O)c3ccc(F)c(F)c3)nc3ccccc3c2=O)c1. The molecule has 156 valence electrons. The van der Waals surface area contributed by atoms with Gasteiger partial charge in [-0.3, -0.25) is 14.2 Å². The molecule has 8 heteroatoms. The first kappa shape index (κ1) is 20.7. The molecule has 5 nitrogen and oxygen atoms in total. The number of ketones is 1. The quantitative estimate of drug-likeness (QED) is 0.249. The molecule has 1 aromatic heterocycles. The first-order chi connectivity index (χ1) is 15.0. The fraction of sp³-hybridized carbons (Fsp3) is 0.0870. The Kier molecular flexibility index (Phi) is 5.81. The zero-order valence-corrected chi connectivity index (χ0v) is 17.2. The van der Waals surface area contributed by atoms with Gasteiger partial charge in [0.15, 0.2) is 22.6 Å². The van der Waals surface area contributed by atoms with E-state index < -0.39 is 17.4 Å². The van der Waals surface area contributed by atoms with Gasteiger partial charge in [0, 0.05) is 11.6 Å². The lowest BCUT2D eigenvalue weighted by Gasteiger charge is -2.14. The van der Waals surface area contributed by atoms with Gasteiger partial charge < -0.3 is 4.74 Å². The van der Waals surface area contributed by atoms with E-state index in [-0.39, 0.29) is 16.9 Å². The number of halogens is 2. The maximum Gasteiger partial charge on any atom is 0.266 e. The standard InChI is InChI=1S/C23H16F2N2O3S/c1-30-16-6-4-5-15(12-16)27-22(29)17-7-2-3-8-20(17)26-23(27)31-13-21(28)14-9-10-18(24)19(25)11-14/h2-12H,13H2,1H3. The smallest absolute Gasteiger partial charge is 0.266 e. The lowest BCUT2D eigenvalue weighted by molar-refractivity contribution is 0.102. The van der Waals surface area contributed by atoms with Crippen LogP contribution in [0.4, 0.5) is 8.78 Å². The minimum atomic E-state index is -1.09. The molecule has 0 saturated heterocycles. The first-order valence-corrected chi connectivity index (χ1v) is 10.2. The molecule has 1 heterocycles. The van der Waals surface area contributed by atoms with Crippen LogP contribution < -0.4 is 10.3 Å². The second-order valence-electron chi connectivity index (χ2n) is 6.59. The zero-order valence-electron chi connectivity index (χ0n) is 16.3. The topological polar surface area (TPSA) is 61.2 Å². The van der Waals surface area contributed by atoms with Gasteiger partial charge in [-0.05, 0) is 42.5 Å². The molecule has 3 aromatic carbocycles. The summed E-state index contributed by atoms with van der Waals surface area (Å²) in [6.45, 7) is 0. The Morgan fingerprint density at radius 3 is 2.61 bits per heavy atom. The van der Waals surface area contributed by atoms with Crippen LogP contribution in [0, 0.1) is 11.6 Å². The zero-order chi connectivity index (χ0) is 22.0. The Hall–Kier alpha value is -3.52. The van der Waals surface area contributed by atoms with E-state index >= 15 is 0 Å². The number of nitrogens with zero attached hydrogens (tertiary/aromatic N) is 2. The van der Waals surface area contributed by atoms with Gasteiger partial charge in [0.05, 0.1) is 29.5 Å². The summed E-state index contributed by atoms with van der Waals surface area (Å²) in [5.41, 5.74) is 0.781. The number of hydrogen-bond acceptors (Lipinski definition) is 5. The molecular weight excluding hydrogens is 422 g/mol. The van der Waals surface area contributed by atoms with Crippen molar-refractivity contribution in [2.75, 3.05) is 12.9 Å². The fourth-order valence-corrected chi connectivity index (χ4v) is 3.98. The van der Waals surface area contributed by atoms with Crippen molar-refractivity contribution in [3.63, 3.8) is 0 Å². The minimum Gasteiger partial charge on any atom is -0.497 e. The number of fused-ring (bicyclic) bond motifs is 1. The molecule has 4 aromatic rings. The number of carbonyl (C=O) groups excluding carboxylic acids is 1. The second kappa shape index (κ2) is 8.69. The second-order valence-corrected chi connectivity index (χ2v) is 7.54.